The predicted octanol–water partition coefficient (Wildman–Crippen LogP) is 0.618. The van der Waals surface area contributed by atoms with Crippen LogP contribution in [0.4, 0.5) is 0 Å². The molecule has 1 saturated heterocycles. The number of rotatable bonds is 11. The van der Waals surface area contributed by atoms with Crippen LogP contribution < -0.4 is 15.4 Å². The van der Waals surface area contributed by atoms with Crippen LogP contribution >= 0.6 is 0 Å². The molecule has 2 rings (SSSR count). The van der Waals surface area contributed by atoms with Crippen molar-refractivity contribution >= 4 is 16.0 Å². The van der Waals surface area contributed by atoms with Gasteiger partial charge in [0, 0.05) is 45.8 Å². The lowest BCUT2D eigenvalue weighted by Crippen LogP contribution is -2.51. The first-order valence-corrected chi connectivity index (χ1v) is 12.3. The highest BCUT2D eigenvalue weighted by Crippen LogP contribution is 2.25. The van der Waals surface area contributed by atoms with Crippen molar-refractivity contribution in [2.45, 2.75) is 45.6 Å². The Labute approximate surface area is 170 Å². The highest BCUT2D eigenvalue weighted by atomic mass is 32.2. The quantitative estimate of drug-likeness (QED) is 0.337. The van der Waals surface area contributed by atoms with Crippen molar-refractivity contribution in [2.75, 3.05) is 58.7 Å². The normalized spacial score (nSPS) is 20.8. The van der Waals surface area contributed by atoms with Crippen LogP contribution in [0.25, 0.3) is 0 Å². The van der Waals surface area contributed by atoms with Crippen molar-refractivity contribution in [3.05, 3.63) is 0 Å². The highest BCUT2D eigenvalue weighted by Gasteiger charge is 2.22. The second-order valence-corrected chi connectivity index (χ2v) is 10.2. The molecule has 1 atom stereocenters. The predicted molar refractivity (Wildman–Crippen MR) is 114 cm³/mol. The number of guanidine groups is 1. The summed E-state index contributed by atoms with van der Waals surface area (Å²) >= 11 is 0. The lowest BCUT2D eigenvalue weighted by molar-refractivity contribution is 0.0132. The fourth-order valence-corrected chi connectivity index (χ4v) is 4.61. The Bertz CT molecular complexity index is 572. The van der Waals surface area contributed by atoms with Crippen LogP contribution in [-0.4, -0.2) is 84.1 Å². The summed E-state index contributed by atoms with van der Waals surface area (Å²) in [5.41, 5.74) is 0. The first kappa shape index (κ1) is 23.4. The molecule has 1 aliphatic carbocycles. The van der Waals surface area contributed by atoms with Crippen LogP contribution in [0.15, 0.2) is 4.99 Å². The van der Waals surface area contributed by atoms with E-state index in [0.717, 1.165) is 52.1 Å². The average molecular weight is 418 g/mol. The third kappa shape index (κ3) is 8.63. The molecule has 164 valence electrons. The SMILES string of the molecule is CN=C(NCCS(=O)(=O)NCC1CCC1)NCC(CC(C)C)N1CCOCC1. The zero-order valence-corrected chi connectivity index (χ0v) is 18.6. The van der Waals surface area contributed by atoms with Gasteiger partial charge in [0.25, 0.3) is 0 Å². The number of sulfonamides is 1. The largest absolute Gasteiger partial charge is 0.379 e. The monoisotopic (exact) mass is 417 g/mol. The van der Waals surface area contributed by atoms with Gasteiger partial charge in [-0.2, -0.15) is 0 Å². The van der Waals surface area contributed by atoms with Gasteiger partial charge in [0.15, 0.2) is 5.96 Å². The first-order valence-electron chi connectivity index (χ1n) is 10.6. The topological polar surface area (TPSA) is 95.1 Å². The number of nitrogens with zero attached hydrogens (tertiary/aromatic N) is 2. The van der Waals surface area contributed by atoms with Gasteiger partial charge in [-0.05, 0) is 31.1 Å². The Hall–Kier alpha value is -0.900. The van der Waals surface area contributed by atoms with E-state index in [9.17, 15) is 8.42 Å². The molecule has 9 heteroatoms. The third-order valence-electron chi connectivity index (χ3n) is 5.51. The maximum Gasteiger partial charge on any atom is 0.213 e. The molecule has 2 aliphatic rings. The van der Waals surface area contributed by atoms with E-state index in [1.807, 2.05) is 0 Å². The highest BCUT2D eigenvalue weighted by molar-refractivity contribution is 7.89. The van der Waals surface area contributed by atoms with Crippen molar-refractivity contribution in [2.24, 2.45) is 16.8 Å². The van der Waals surface area contributed by atoms with Gasteiger partial charge in [-0.1, -0.05) is 20.3 Å². The number of aliphatic imine (C=N–C) groups is 1. The summed E-state index contributed by atoms with van der Waals surface area (Å²) in [5, 5.41) is 6.50. The maximum absolute atomic E-state index is 12.1. The van der Waals surface area contributed by atoms with E-state index in [2.05, 4.69) is 39.1 Å². The number of hydrogen-bond acceptors (Lipinski definition) is 5. The van der Waals surface area contributed by atoms with Crippen molar-refractivity contribution in [3.63, 3.8) is 0 Å². The zero-order valence-electron chi connectivity index (χ0n) is 17.7. The molecule has 0 aromatic heterocycles. The van der Waals surface area contributed by atoms with E-state index in [-0.39, 0.29) is 5.75 Å². The Balaban J connectivity index is 1.72. The van der Waals surface area contributed by atoms with E-state index in [4.69, 9.17) is 4.74 Å². The second kappa shape index (κ2) is 11.9. The van der Waals surface area contributed by atoms with Crippen molar-refractivity contribution in [1.82, 2.24) is 20.3 Å². The first-order chi connectivity index (χ1) is 13.4. The molecule has 28 heavy (non-hydrogen) atoms. The van der Waals surface area contributed by atoms with Crippen LogP contribution in [0.3, 0.4) is 0 Å². The third-order valence-corrected chi connectivity index (χ3v) is 6.86. The van der Waals surface area contributed by atoms with Gasteiger partial charge in [-0.3, -0.25) is 9.89 Å². The lowest BCUT2D eigenvalue weighted by Gasteiger charge is -2.35. The molecule has 1 aliphatic heterocycles. The standard InChI is InChI=1S/C19H39N5O3S/c1-16(2)13-18(24-8-10-27-11-9-24)15-22-19(20-3)21-7-12-28(25,26)23-14-17-5-4-6-17/h16-18,23H,4-15H2,1-3H3,(H2,20,21,22). The summed E-state index contributed by atoms with van der Waals surface area (Å²) in [6.45, 7) is 9.65. The van der Waals surface area contributed by atoms with Crippen molar-refractivity contribution < 1.29 is 13.2 Å². The van der Waals surface area contributed by atoms with Gasteiger partial charge in [0.1, 0.15) is 0 Å². The van der Waals surface area contributed by atoms with E-state index >= 15 is 0 Å². The van der Waals surface area contributed by atoms with Gasteiger partial charge in [0.05, 0.1) is 19.0 Å². The summed E-state index contributed by atoms with van der Waals surface area (Å²) in [6, 6.07) is 0.412. The molecular weight excluding hydrogens is 378 g/mol. The Kier molecular flexibility index (Phi) is 9.98. The fraction of sp³-hybridized carbons (Fsp3) is 0.947. The van der Waals surface area contributed by atoms with E-state index in [0.29, 0.717) is 36.9 Å². The summed E-state index contributed by atoms with van der Waals surface area (Å²) in [5.74, 6) is 1.84. The second-order valence-electron chi connectivity index (χ2n) is 8.28. The average Bonchev–Trinajstić information content (AvgIpc) is 2.62. The number of morpholine rings is 1. The van der Waals surface area contributed by atoms with Crippen molar-refractivity contribution in [1.29, 1.82) is 0 Å². The fourth-order valence-electron chi connectivity index (χ4n) is 3.60. The molecule has 0 aromatic rings. The Morgan fingerprint density at radius 1 is 1.21 bits per heavy atom. The molecule has 0 aromatic carbocycles. The molecule has 8 nitrogen and oxygen atoms in total. The molecule has 1 saturated carbocycles. The summed E-state index contributed by atoms with van der Waals surface area (Å²) < 4.78 is 32.4. The van der Waals surface area contributed by atoms with Crippen LogP contribution in [0.5, 0.6) is 0 Å². The molecule has 0 bridgehead atoms. The minimum absolute atomic E-state index is 0.0549. The van der Waals surface area contributed by atoms with E-state index in [1.165, 1.54) is 6.42 Å². The molecule has 1 unspecified atom stereocenters. The number of ether oxygens (including phenoxy) is 1. The van der Waals surface area contributed by atoms with Gasteiger partial charge >= 0.3 is 0 Å². The minimum atomic E-state index is -3.24. The Morgan fingerprint density at radius 3 is 2.50 bits per heavy atom. The van der Waals surface area contributed by atoms with Crippen LogP contribution in [0.2, 0.25) is 0 Å². The lowest BCUT2D eigenvalue weighted by atomic mass is 9.86. The molecule has 0 spiro atoms. The zero-order chi connectivity index (χ0) is 20.4. The molecule has 0 radical (unpaired) electrons. The molecule has 1 heterocycles. The summed E-state index contributed by atoms with van der Waals surface area (Å²) in [7, 11) is -1.53. The molecule has 3 N–H and O–H groups in total. The van der Waals surface area contributed by atoms with Crippen molar-refractivity contribution in [3.8, 4) is 0 Å². The van der Waals surface area contributed by atoms with Gasteiger partial charge in [0.2, 0.25) is 10.0 Å². The Morgan fingerprint density at radius 2 is 1.93 bits per heavy atom. The number of nitrogens with one attached hydrogen (secondary N) is 3. The van der Waals surface area contributed by atoms with Gasteiger partial charge < -0.3 is 15.4 Å². The van der Waals surface area contributed by atoms with Crippen LogP contribution in [0, 0.1) is 11.8 Å². The molecular formula is C19H39N5O3S. The summed E-state index contributed by atoms with van der Waals surface area (Å²) in [6.07, 6.45) is 4.59. The van der Waals surface area contributed by atoms with Crippen LogP contribution in [0.1, 0.15) is 39.5 Å². The van der Waals surface area contributed by atoms with Crippen LogP contribution in [-0.2, 0) is 14.8 Å². The van der Waals surface area contributed by atoms with E-state index < -0.39 is 10.0 Å². The smallest absolute Gasteiger partial charge is 0.213 e. The summed E-state index contributed by atoms with van der Waals surface area (Å²) in [4.78, 5) is 6.71. The minimum Gasteiger partial charge on any atom is -0.379 e. The number of hydrogen-bond donors (Lipinski definition) is 3. The molecule has 2 fully saturated rings. The van der Waals surface area contributed by atoms with Gasteiger partial charge in [-0.25, -0.2) is 13.1 Å². The maximum atomic E-state index is 12.1. The molecule has 0 amide bonds. The van der Waals surface area contributed by atoms with E-state index in [1.54, 1.807) is 7.05 Å². The van der Waals surface area contributed by atoms with Gasteiger partial charge in [-0.15, -0.1) is 0 Å².